The van der Waals surface area contributed by atoms with Crippen molar-refractivity contribution in [3.8, 4) is 0 Å². The predicted molar refractivity (Wildman–Crippen MR) is 56.1 cm³/mol. The van der Waals surface area contributed by atoms with E-state index in [0.717, 1.165) is 5.25 Å². The average molecular weight is 178 g/mol. The lowest BCUT2D eigenvalue weighted by Gasteiger charge is -2.13. The predicted octanol–water partition coefficient (Wildman–Crippen LogP) is 3.53. The first-order valence-electron chi connectivity index (χ1n) is 4.56. The monoisotopic (exact) mass is 178 g/mol. The van der Waals surface area contributed by atoms with E-state index in [1.165, 1.54) is 18.4 Å². The van der Waals surface area contributed by atoms with Gasteiger partial charge in [0, 0.05) is 11.2 Å². The van der Waals surface area contributed by atoms with Gasteiger partial charge in [0.15, 0.2) is 0 Å². The summed E-state index contributed by atoms with van der Waals surface area (Å²) < 4.78 is 0. The molecule has 0 spiro atoms. The van der Waals surface area contributed by atoms with Crippen LogP contribution in [0.3, 0.4) is 0 Å². The number of fused-ring (bicyclic) bond motifs is 1. The molecule has 0 fully saturated rings. The Kier molecular flexibility index (Phi) is 2.40. The first kappa shape index (κ1) is 8.18. The highest BCUT2D eigenvalue weighted by Gasteiger charge is 2.16. The van der Waals surface area contributed by atoms with E-state index in [1.807, 2.05) is 11.8 Å². The normalized spacial score (nSPS) is 33.9. The van der Waals surface area contributed by atoms with Gasteiger partial charge in [0.2, 0.25) is 0 Å². The molecule has 0 amide bonds. The van der Waals surface area contributed by atoms with Gasteiger partial charge < -0.3 is 0 Å². The molecule has 2 rings (SSSR count). The summed E-state index contributed by atoms with van der Waals surface area (Å²) in [6.45, 7) is 2.31. The third-order valence-corrected chi connectivity index (χ3v) is 3.60. The molecule has 2 unspecified atom stereocenters. The summed E-state index contributed by atoms with van der Waals surface area (Å²) in [6.07, 6.45) is 11.5. The summed E-state index contributed by atoms with van der Waals surface area (Å²) >= 11 is 1.98. The van der Waals surface area contributed by atoms with Crippen molar-refractivity contribution in [1.29, 1.82) is 0 Å². The van der Waals surface area contributed by atoms with Gasteiger partial charge in [-0.25, -0.2) is 0 Å². The molecule has 0 saturated heterocycles. The molecular formula is C11H14S. The third kappa shape index (κ3) is 1.66. The molecule has 12 heavy (non-hydrogen) atoms. The molecule has 64 valence electrons. The maximum atomic E-state index is 2.34. The molecule has 0 saturated carbocycles. The summed E-state index contributed by atoms with van der Waals surface area (Å²) in [7, 11) is 0. The van der Waals surface area contributed by atoms with Crippen LogP contribution in [-0.4, -0.2) is 5.25 Å². The quantitative estimate of drug-likeness (QED) is 0.547. The van der Waals surface area contributed by atoms with Gasteiger partial charge >= 0.3 is 0 Å². The van der Waals surface area contributed by atoms with Crippen LogP contribution in [0.25, 0.3) is 0 Å². The van der Waals surface area contributed by atoms with Crippen molar-refractivity contribution in [3.05, 3.63) is 35.3 Å². The van der Waals surface area contributed by atoms with Crippen LogP contribution in [-0.2, 0) is 0 Å². The highest BCUT2D eigenvalue weighted by atomic mass is 32.2. The molecule has 0 aromatic heterocycles. The highest BCUT2D eigenvalue weighted by Crippen LogP contribution is 2.33. The molecular weight excluding hydrogens is 164 g/mol. The number of rotatable bonds is 0. The molecule has 0 aromatic carbocycles. The van der Waals surface area contributed by atoms with Crippen LogP contribution in [0.4, 0.5) is 0 Å². The highest BCUT2D eigenvalue weighted by molar-refractivity contribution is 8.02. The molecule has 0 nitrogen and oxygen atoms in total. The van der Waals surface area contributed by atoms with E-state index in [1.54, 1.807) is 0 Å². The van der Waals surface area contributed by atoms with Crippen molar-refractivity contribution < 1.29 is 0 Å². The summed E-state index contributed by atoms with van der Waals surface area (Å²) in [5.74, 6) is 0.701. The molecule has 0 aromatic rings. The molecule has 1 aliphatic heterocycles. The summed E-state index contributed by atoms with van der Waals surface area (Å²) in [5, 5.41) is 3.13. The summed E-state index contributed by atoms with van der Waals surface area (Å²) in [4.78, 5) is 0. The Bertz CT molecular complexity index is 248. The Labute approximate surface area is 78.4 Å². The Morgan fingerprint density at radius 1 is 1.33 bits per heavy atom. The fourth-order valence-electron chi connectivity index (χ4n) is 1.67. The van der Waals surface area contributed by atoms with Crippen LogP contribution in [0.15, 0.2) is 35.3 Å². The van der Waals surface area contributed by atoms with E-state index in [0.29, 0.717) is 5.92 Å². The smallest absolute Gasteiger partial charge is 0.00605 e. The molecule has 2 aliphatic rings. The Hall–Kier alpha value is -0.430. The zero-order valence-corrected chi connectivity index (χ0v) is 8.18. The summed E-state index contributed by atoms with van der Waals surface area (Å²) in [6, 6.07) is 0. The SMILES string of the molecule is CC1CCC2C=CC=CC2=CS1. The maximum absolute atomic E-state index is 2.34. The number of allylic oxidation sites excluding steroid dienone is 5. The van der Waals surface area contributed by atoms with Crippen LogP contribution in [0.2, 0.25) is 0 Å². The van der Waals surface area contributed by atoms with Gasteiger partial charge in [0.1, 0.15) is 0 Å². The van der Waals surface area contributed by atoms with Crippen molar-refractivity contribution in [3.63, 3.8) is 0 Å². The van der Waals surface area contributed by atoms with Crippen molar-refractivity contribution in [2.24, 2.45) is 5.92 Å². The molecule has 1 heterocycles. The number of thioether (sulfide) groups is 1. The van der Waals surface area contributed by atoms with Gasteiger partial charge in [0.25, 0.3) is 0 Å². The van der Waals surface area contributed by atoms with E-state index >= 15 is 0 Å². The molecule has 0 radical (unpaired) electrons. The minimum atomic E-state index is 0.701. The molecule has 1 aliphatic carbocycles. The lowest BCUT2D eigenvalue weighted by molar-refractivity contribution is 0.639. The average Bonchev–Trinajstić information content (AvgIpc) is 2.29. The van der Waals surface area contributed by atoms with Crippen LogP contribution >= 0.6 is 11.8 Å². The fraction of sp³-hybridized carbons (Fsp3) is 0.455. The van der Waals surface area contributed by atoms with Crippen LogP contribution in [0.1, 0.15) is 19.8 Å². The fourth-order valence-corrected chi connectivity index (χ4v) is 2.58. The minimum absolute atomic E-state index is 0.701. The standard InChI is InChI=1S/C11H14S/c1-9-6-7-10-4-2-3-5-11(10)8-12-9/h2-5,8-10H,6-7H2,1H3. The van der Waals surface area contributed by atoms with Gasteiger partial charge in [0.05, 0.1) is 0 Å². The molecule has 0 bridgehead atoms. The third-order valence-electron chi connectivity index (χ3n) is 2.49. The van der Waals surface area contributed by atoms with Crippen LogP contribution < -0.4 is 0 Å². The maximum Gasteiger partial charge on any atom is 0.00605 e. The lowest BCUT2D eigenvalue weighted by Crippen LogP contribution is -2.01. The minimum Gasteiger partial charge on any atom is -0.131 e. The largest absolute Gasteiger partial charge is 0.131 e. The van der Waals surface area contributed by atoms with Gasteiger partial charge in [-0.05, 0) is 23.8 Å². The van der Waals surface area contributed by atoms with Gasteiger partial charge in [-0.2, -0.15) is 0 Å². The first-order valence-corrected chi connectivity index (χ1v) is 5.51. The van der Waals surface area contributed by atoms with Crippen molar-refractivity contribution in [1.82, 2.24) is 0 Å². The van der Waals surface area contributed by atoms with E-state index in [9.17, 15) is 0 Å². The van der Waals surface area contributed by atoms with Gasteiger partial charge in [-0.3, -0.25) is 0 Å². The van der Waals surface area contributed by atoms with Crippen molar-refractivity contribution in [2.45, 2.75) is 25.0 Å². The molecule has 0 N–H and O–H groups in total. The van der Waals surface area contributed by atoms with Crippen molar-refractivity contribution in [2.75, 3.05) is 0 Å². The van der Waals surface area contributed by atoms with Crippen molar-refractivity contribution >= 4 is 11.8 Å². The van der Waals surface area contributed by atoms with E-state index in [-0.39, 0.29) is 0 Å². The zero-order chi connectivity index (χ0) is 8.39. The summed E-state index contributed by atoms with van der Waals surface area (Å²) in [5.41, 5.74) is 1.51. The number of hydrogen-bond acceptors (Lipinski definition) is 1. The van der Waals surface area contributed by atoms with Gasteiger partial charge in [-0.15, -0.1) is 11.8 Å². The molecule has 2 atom stereocenters. The molecule has 1 heteroatoms. The topological polar surface area (TPSA) is 0 Å². The van der Waals surface area contributed by atoms with Crippen LogP contribution in [0, 0.1) is 5.92 Å². The Balaban J connectivity index is 2.18. The second kappa shape index (κ2) is 3.53. The van der Waals surface area contributed by atoms with Gasteiger partial charge in [-0.1, -0.05) is 31.2 Å². The lowest BCUT2D eigenvalue weighted by atomic mass is 9.91. The van der Waals surface area contributed by atoms with Crippen LogP contribution in [0.5, 0.6) is 0 Å². The Morgan fingerprint density at radius 2 is 2.25 bits per heavy atom. The first-order chi connectivity index (χ1) is 5.86. The van der Waals surface area contributed by atoms with E-state index in [4.69, 9.17) is 0 Å². The van der Waals surface area contributed by atoms with E-state index in [2.05, 4.69) is 36.6 Å². The second-order valence-electron chi connectivity index (χ2n) is 3.49. The zero-order valence-electron chi connectivity index (χ0n) is 7.36. The van der Waals surface area contributed by atoms with E-state index < -0.39 is 0 Å². The Morgan fingerprint density at radius 3 is 3.17 bits per heavy atom. The number of hydrogen-bond donors (Lipinski definition) is 0. The second-order valence-corrected chi connectivity index (χ2v) is 4.81.